The van der Waals surface area contributed by atoms with Gasteiger partial charge >= 0.3 is 0 Å². The summed E-state index contributed by atoms with van der Waals surface area (Å²) in [5, 5.41) is 22.6. The maximum atomic E-state index is 8.46. The minimum absolute atomic E-state index is 0.215. The van der Waals surface area contributed by atoms with Crippen molar-refractivity contribution in [2.75, 3.05) is 13.2 Å². The first-order valence-electron chi connectivity index (χ1n) is 11.6. The molecule has 2 N–H and O–H groups in total. The van der Waals surface area contributed by atoms with Crippen LogP contribution in [0, 0.1) is 0 Å². The van der Waals surface area contributed by atoms with Crippen molar-refractivity contribution in [3.8, 4) is 0 Å². The molecule has 6 rings (SSSR count). The number of aryl methyl sites for hydroxylation is 2. The van der Waals surface area contributed by atoms with E-state index in [4.69, 9.17) is 10.2 Å². The molecule has 0 saturated carbocycles. The highest BCUT2D eigenvalue weighted by Crippen LogP contribution is 2.33. The van der Waals surface area contributed by atoms with Gasteiger partial charge in [-0.05, 0) is 82.3 Å². The Hall–Kier alpha value is -2.94. The highest BCUT2D eigenvalue weighted by atomic mass is 16.3. The third-order valence-electron chi connectivity index (χ3n) is 6.36. The molecule has 164 valence electrons. The molecular weight excluding hydrogens is 392 g/mol. The fourth-order valence-corrected chi connectivity index (χ4v) is 4.56. The Bertz CT molecular complexity index is 1160. The van der Waals surface area contributed by atoms with Crippen LogP contribution in [0.5, 0.6) is 0 Å². The second-order valence-electron chi connectivity index (χ2n) is 8.52. The second-order valence-corrected chi connectivity index (χ2v) is 8.52. The second kappa shape index (κ2) is 11.1. The summed E-state index contributed by atoms with van der Waals surface area (Å²) in [5.74, 6) is 0. The Morgan fingerprint density at radius 3 is 1.91 bits per heavy atom. The van der Waals surface area contributed by atoms with E-state index in [-0.39, 0.29) is 13.2 Å². The molecule has 0 fully saturated rings. The summed E-state index contributed by atoms with van der Waals surface area (Å²) in [6.45, 7) is 0.431. The van der Waals surface area contributed by atoms with E-state index >= 15 is 0 Å². The Balaban J connectivity index is 0.000000144. The maximum absolute atomic E-state index is 8.46. The summed E-state index contributed by atoms with van der Waals surface area (Å²) in [7, 11) is 0. The van der Waals surface area contributed by atoms with E-state index in [9.17, 15) is 0 Å². The molecule has 3 aliphatic carbocycles. The van der Waals surface area contributed by atoms with E-state index in [1.54, 1.807) is 11.1 Å². The fourth-order valence-electron chi connectivity index (χ4n) is 4.56. The number of aliphatic hydroxyl groups excluding tert-OH is 2. The number of aliphatic hydroxyl groups is 2. The minimum Gasteiger partial charge on any atom is -0.392 e. The molecule has 0 unspecified atom stereocenters. The first-order valence-corrected chi connectivity index (χ1v) is 11.6. The average molecular weight is 425 g/mol. The lowest BCUT2D eigenvalue weighted by atomic mass is 9.86. The molecule has 0 amide bonds. The lowest BCUT2D eigenvalue weighted by molar-refractivity contribution is 0.329. The van der Waals surface area contributed by atoms with Gasteiger partial charge in [-0.1, -0.05) is 85.0 Å². The van der Waals surface area contributed by atoms with Gasteiger partial charge in [-0.25, -0.2) is 0 Å². The van der Waals surface area contributed by atoms with Crippen molar-refractivity contribution in [3.05, 3.63) is 107 Å². The monoisotopic (exact) mass is 424 g/mol. The van der Waals surface area contributed by atoms with Crippen LogP contribution in [0.25, 0.3) is 21.5 Å². The van der Waals surface area contributed by atoms with Crippen molar-refractivity contribution in [2.24, 2.45) is 0 Å². The van der Waals surface area contributed by atoms with Gasteiger partial charge in [0.25, 0.3) is 0 Å². The number of rotatable bonds is 2. The van der Waals surface area contributed by atoms with E-state index in [0.29, 0.717) is 0 Å². The van der Waals surface area contributed by atoms with Crippen LogP contribution in [-0.2, 0) is 12.8 Å². The van der Waals surface area contributed by atoms with E-state index in [1.807, 2.05) is 36.5 Å². The molecule has 0 heterocycles. The zero-order chi connectivity index (χ0) is 22.2. The number of hydrogen-bond acceptors (Lipinski definition) is 2. The van der Waals surface area contributed by atoms with Gasteiger partial charge in [0.1, 0.15) is 0 Å². The van der Waals surface area contributed by atoms with Gasteiger partial charge in [0.15, 0.2) is 0 Å². The molecule has 0 atom stereocenters. The lowest BCUT2D eigenvalue weighted by Gasteiger charge is -2.18. The maximum Gasteiger partial charge on any atom is 0.0647 e. The van der Waals surface area contributed by atoms with Crippen LogP contribution < -0.4 is 0 Å². The Labute approximate surface area is 190 Å². The molecule has 0 aliphatic heterocycles. The normalized spacial score (nSPS) is 16.1. The zero-order valence-electron chi connectivity index (χ0n) is 18.6. The Kier molecular flexibility index (Phi) is 7.71. The van der Waals surface area contributed by atoms with E-state index in [1.165, 1.54) is 47.2 Å². The first kappa shape index (κ1) is 22.3. The fraction of sp³-hybridized carbons (Fsp3) is 0.267. The number of allylic oxidation sites excluding steroid dienone is 6. The largest absolute Gasteiger partial charge is 0.392 e. The predicted octanol–water partition coefficient (Wildman–Crippen LogP) is 6.60. The van der Waals surface area contributed by atoms with Crippen LogP contribution in [0.2, 0.25) is 0 Å². The van der Waals surface area contributed by atoms with Gasteiger partial charge in [0.05, 0.1) is 13.2 Å². The molecular formula is C30H32O2. The average Bonchev–Trinajstić information content (AvgIpc) is 3.59. The van der Waals surface area contributed by atoms with Crippen molar-refractivity contribution in [3.63, 3.8) is 0 Å². The van der Waals surface area contributed by atoms with Gasteiger partial charge in [-0.2, -0.15) is 0 Å². The van der Waals surface area contributed by atoms with Crippen LogP contribution in [0.15, 0.2) is 96.1 Å². The summed E-state index contributed by atoms with van der Waals surface area (Å²) in [5.41, 5.74) is 5.40. The molecule has 0 radical (unpaired) electrons. The molecule has 0 saturated heterocycles. The number of hydrogen-bond donors (Lipinski definition) is 2. The van der Waals surface area contributed by atoms with Gasteiger partial charge < -0.3 is 10.2 Å². The summed E-state index contributed by atoms with van der Waals surface area (Å²) in [6.07, 6.45) is 19.0. The standard InChI is InChI=1S/C18H16.2C6H8O/c1-3-7-15-13(5-1)9-11-18-16-8-4-2-6-14(16)10-12-17(15)18;2*7-5-6-3-1-2-4-6/h1,3,5,7,9-12H,2,4,6,8H2;2*1-3,7H,4-5H2. The highest BCUT2D eigenvalue weighted by Gasteiger charge is 2.13. The lowest BCUT2D eigenvalue weighted by Crippen LogP contribution is -2.02. The molecule has 32 heavy (non-hydrogen) atoms. The summed E-state index contributed by atoms with van der Waals surface area (Å²) >= 11 is 0. The van der Waals surface area contributed by atoms with Crippen LogP contribution in [-0.4, -0.2) is 23.4 Å². The van der Waals surface area contributed by atoms with Crippen molar-refractivity contribution < 1.29 is 10.2 Å². The van der Waals surface area contributed by atoms with Crippen molar-refractivity contribution in [1.29, 1.82) is 0 Å². The van der Waals surface area contributed by atoms with E-state index in [2.05, 4.69) is 48.5 Å². The smallest absolute Gasteiger partial charge is 0.0647 e. The van der Waals surface area contributed by atoms with Gasteiger partial charge in [-0.3, -0.25) is 0 Å². The predicted molar refractivity (Wildman–Crippen MR) is 136 cm³/mol. The molecule has 2 heteroatoms. The van der Waals surface area contributed by atoms with Gasteiger partial charge in [0.2, 0.25) is 0 Å². The molecule has 2 nitrogen and oxygen atoms in total. The summed E-state index contributed by atoms with van der Waals surface area (Å²) in [4.78, 5) is 0. The first-order chi connectivity index (χ1) is 15.8. The molecule has 3 aliphatic rings. The Morgan fingerprint density at radius 2 is 1.28 bits per heavy atom. The van der Waals surface area contributed by atoms with Crippen LogP contribution >= 0.6 is 0 Å². The van der Waals surface area contributed by atoms with Gasteiger partial charge in [-0.15, -0.1) is 0 Å². The Morgan fingerprint density at radius 1 is 0.625 bits per heavy atom. The summed E-state index contributed by atoms with van der Waals surface area (Å²) < 4.78 is 0. The third kappa shape index (κ3) is 5.27. The topological polar surface area (TPSA) is 40.5 Å². The van der Waals surface area contributed by atoms with Crippen molar-refractivity contribution >= 4 is 21.5 Å². The minimum atomic E-state index is 0.215. The van der Waals surface area contributed by atoms with Gasteiger partial charge in [0, 0.05) is 0 Å². The number of benzene rings is 3. The molecule has 0 bridgehead atoms. The molecule has 0 aromatic heterocycles. The summed E-state index contributed by atoms with van der Waals surface area (Å²) in [6, 6.07) is 18.0. The van der Waals surface area contributed by atoms with Crippen LogP contribution in [0.1, 0.15) is 36.8 Å². The molecule has 0 spiro atoms. The number of fused-ring (bicyclic) bond motifs is 5. The van der Waals surface area contributed by atoms with E-state index in [0.717, 1.165) is 24.0 Å². The van der Waals surface area contributed by atoms with Crippen LogP contribution in [0.3, 0.4) is 0 Å². The van der Waals surface area contributed by atoms with Crippen molar-refractivity contribution in [2.45, 2.75) is 38.5 Å². The highest BCUT2D eigenvalue weighted by molar-refractivity contribution is 6.08. The molecule has 3 aromatic rings. The third-order valence-corrected chi connectivity index (χ3v) is 6.36. The molecule has 3 aromatic carbocycles. The zero-order valence-corrected chi connectivity index (χ0v) is 18.6. The van der Waals surface area contributed by atoms with E-state index < -0.39 is 0 Å². The van der Waals surface area contributed by atoms with Crippen LogP contribution in [0.4, 0.5) is 0 Å². The SMILES string of the molecule is OCC1=CC=CC1.OCC1=CC=CC1.c1ccc2c(c1)ccc1c3c(ccc12)CCCC3. The van der Waals surface area contributed by atoms with Crippen molar-refractivity contribution in [1.82, 2.24) is 0 Å². The quantitative estimate of drug-likeness (QED) is 0.455.